The number of guanidine groups is 1. The predicted octanol–water partition coefficient (Wildman–Crippen LogP) is 2.88. The van der Waals surface area contributed by atoms with E-state index >= 15 is 0 Å². The van der Waals surface area contributed by atoms with Gasteiger partial charge in [0.25, 0.3) is 5.91 Å². The van der Waals surface area contributed by atoms with Crippen LogP contribution >= 0.6 is 15.9 Å². The number of aliphatic imine (C=N–C) groups is 1. The molecule has 132 valence electrons. The van der Waals surface area contributed by atoms with E-state index in [1.807, 2.05) is 31.3 Å². The second-order valence-corrected chi connectivity index (χ2v) is 7.20. The number of piperidine rings is 1. The summed E-state index contributed by atoms with van der Waals surface area (Å²) in [6.07, 6.45) is 3.39. The van der Waals surface area contributed by atoms with Crippen molar-refractivity contribution in [2.24, 2.45) is 10.9 Å². The summed E-state index contributed by atoms with van der Waals surface area (Å²) in [6.45, 7) is 5.88. The number of nitrogens with zero attached hydrogens (tertiary/aromatic N) is 2. The third-order valence-corrected chi connectivity index (χ3v) is 4.67. The average Bonchev–Trinajstić information content (AvgIpc) is 2.58. The van der Waals surface area contributed by atoms with Crippen molar-refractivity contribution in [2.75, 3.05) is 33.2 Å². The summed E-state index contributed by atoms with van der Waals surface area (Å²) < 4.78 is 0.913. The summed E-state index contributed by atoms with van der Waals surface area (Å²) >= 11 is 3.38. The Balaban J connectivity index is 1.67. The predicted molar refractivity (Wildman–Crippen MR) is 102 cm³/mol. The zero-order valence-electron chi connectivity index (χ0n) is 14.5. The van der Waals surface area contributed by atoms with Crippen LogP contribution in [0.2, 0.25) is 0 Å². The minimum absolute atomic E-state index is 0.0365. The molecular formula is C18H27BrN4O. The number of nitrogens with one attached hydrogen (secondary N) is 2. The molecule has 1 aromatic rings. The van der Waals surface area contributed by atoms with Gasteiger partial charge in [-0.25, -0.2) is 0 Å². The van der Waals surface area contributed by atoms with Gasteiger partial charge in [-0.15, -0.1) is 0 Å². The van der Waals surface area contributed by atoms with Crippen LogP contribution in [0.3, 0.4) is 0 Å². The molecule has 1 heterocycles. The highest BCUT2D eigenvalue weighted by Crippen LogP contribution is 2.15. The molecule has 1 fully saturated rings. The molecule has 2 rings (SSSR count). The van der Waals surface area contributed by atoms with E-state index in [1.54, 1.807) is 0 Å². The van der Waals surface area contributed by atoms with E-state index in [0.717, 1.165) is 42.4 Å². The Morgan fingerprint density at radius 1 is 1.38 bits per heavy atom. The lowest BCUT2D eigenvalue weighted by Crippen LogP contribution is -2.46. The molecule has 0 spiro atoms. The van der Waals surface area contributed by atoms with Crippen molar-refractivity contribution >= 4 is 27.8 Å². The highest BCUT2D eigenvalue weighted by Gasteiger charge is 2.18. The van der Waals surface area contributed by atoms with Crippen LogP contribution in [0.25, 0.3) is 0 Å². The minimum atomic E-state index is -0.0365. The fraction of sp³-hybridized carbons (Fsp3) is 0.556. The molecule has 2 N–H and O–H groups in total. The van der Waals surface area contributed by atoms with Crippen molar-refractivity contribution < 1.29 is 4.79 Å². The normalized spacial score (nSPS) is 18.4. The van der Waals surface area contributed by atoms with Crippen LogP contribution in [-0.2, 0) is 0 Å². The third-order valence-electron chi connectivity index (χ3n) is 4.18. The van der Waals surface area contributed by atoms with Gasteiger partial charge >= 0.3 is 0 Å². The number of rotatable bonds is 5. The average molecular weight is 395 g/mol. The number of halogens is 1. The molecule has 1 unspecified atom stereocenters. The van der Waals surface area contributed by atoms with E-state index in [2.05, 4.69) is 43.4 Å². The molecule has 1 amide bonds. The Bertz CT molecular complexity index is 576. The molecule has 0 radical (unpaired) electrons. The van der Waals surface area contributed by atoms with Crippen molar-refractivity contribution in [3.63, 3.8) is 0 Å². The van der Waals surface area contributed by atoms with E-state index in [1.165, 1.54) is 12.8 Å². The van der Waals surface area contributed by atoms with Gasteiger partial charge in [-0.1, -0.05) is 28.9 Å². The monoisotopic (exact) mass is 394 g/mol. The van der Waals surface area contributed by atoms with Crippen molar-refractivity contribution in [1.29, 1.82) is 0 Å². The summed E-state index contributed by atoms with van der Waals surface area (Å²) in [5.74, 6) is 1.66. The fourth-order valence-electron chi connectivity index (χ4n) is 2.94. The smallest absolute Gasteiger partial charge is 0.251 e. The zero-order chi connectivity index (χ0) is 17.4. The summed E-state index contributed by atoms with van der Waals surface area (Å²) in [6, 6.07) is 7.42. The molecule has 0 aliphatic carbocycles. The molecule has 0 saturated carbocycles. The molecule has 0 aromatic heterocycles. The van der Waals surface area contributed by atoms with Crippen LogP contribution < -0.4 is 10.6 Å². The molecule has 24 heavy (non-hydrogen) atoms. The Hall–Kier alpha value is -1.56. The second-order valence-electron chi connectivity index (χ2n) is 6.29. The first-order valence-corrected chi connectivity index (χ1v) is 9.39. The highest BCUT2D eigenvalue weighted by atomic mass is 79.9. The Labute approximate surface area is 153 Å². The van der Waals surface area contributed by atoms with Crippen LogP contribution in [0.5, 0.6) is 0 Å². The topological polar surface area (TPSA) is 56.7 Å². The Kier molecular flexibility index (Phi) is 7.56. The van der Waals surface area contributed by atoms with Crippen LogP contribution in [0.15, 0.2) is 33.7 Å². The lowest BCUT2D eigenvalue weighted by Gasteiger charge is -2.33. The first-order valence-electron chi connectivity index (χ1n) is 8.59. The molecule has 1 aliphatic heterocycles. The van der Waals surface area contributed by atoms with E-state index < -0.39 is 0 Å². The number of benzene rings is 1. The molecular weight excluding hydrogens is 368 g/mol. The molecule has 6 heteroatoms. The lowest BCUT2D eigenvalue weighted by atomic mass is 10.0. The maximum absolute atomic E-state index is 12.0. The molecule has 0 bridgehead atoms. The molecule has 1 saturated heterocycles. The Morgan fingerprint density at radius 2 is 2.17 bits per heavy atom. The third kappa shape index (κ3) is 5.82. The lowest BCUT2D eigenvalue weighted by molar-refractivity contribution is 0.0953. The van der Waals surface area contributed by atoms with Crippen LogP contribution in [-0.4, -0.2) is 50.0 Å². The quantitative estimate of drug-likeness (QED) is 0.458. The summed E-state index contributed by atoms with van der Waals surface area (Å²) in [5, 5.41) is 6.35. The number of hydrogen-bond donors (Lipinski definition) is 2. The highest BCUT2D eigenvalue weighted by molar-refractivity contribution is 9.10. The van der Waals surface area contributed by atoms with E-state index in [9.17, 15) is 4.79 Å². The first-order chi connectivity index (χ1) is 11.6. The second kappa shape index (κ2) is 9.67. The van der Waals surface area contributed by atoms with Gasteiger partial charge in [-0.05, 0) is 43.4 Å². The van der Waals surface area contributed by atoms with Gasteiger partial charge in [-0.2, -0.15) is 0 Å². The maximum Gasteiger partial charge on any atom is 0.251 e. The standard InChI is InChI=1S/C18H27BrN4O/c1-14-6-4-11-23(13-14)18(20-2)22-10-5-9-21-17(24)15-7-3-8-16(19)12-15/h3,7-8,12,14H,4-6,9-11,13H2,1-2H3,(H,20,22)(H,21,24). The van der Waals surface area contributed by atoms with E-state index in [0.29, 0.717) is 12.1 Å². The van der Waals surface area contributed by atoms with E-state index in [4.69, 9.17) is 0 Å². The number of carbonyl (C=O) groups excluding carboxylic acids is 1. The number of likely N-dealkylation sites (tertiary alicyclic amines) is 1. The molecule has 1 atom stereocenters. The van der Waals surface area contributed by atoms with Gasteiger partial charge in [-0.3, -0.25) is 9.79 Å². The van der Waals surface area contributed by atoms with Crippen molar-refractivity contribution in [3.05, 3.63) is 34.3 Å². The number of carbonyl (C=O) groups is 1. The first kappa shape index (κ1) is 18.8. The van der Waals surface area contributed by atoms with Crippen LogP contribution in [0.4, 0.5) is 0 Å². The van der Waals surface area contributed by atoms with Gasteiger partial charge in [0.1, 0.15) is 0 Å². The van der Waals surface area contributed by atoms with Gasteiger partial charge in [0.2, 0.25) is 0 Å². The maximum atomic E-state index is 12.0. The van der Waals surface area contributed by atoms with E-state index in [-0.39, 0.29) is 5.91 Å². The van der Waals surface area contributed by atoms with Gasteiger partial charge < -0.3 is 15.5 Å². The van der Waals surface area contributed by atoms with Gasteiger partial charge in [0.05, 0.1) is 0 Å². The zero-order valence-corrected chi connectivity index (χ0v) is 16.1. The molecule has 1 aromatic carbocycles. The van der Waals surface area contributed by atoms with Crippen molar-refractivity contribution in [3.8, 4) is 0 Å². The number of hydrogen-bond acceptors (Lipinski definition) is 2. The number of amides is 1. The SMILES string of the molecule is CN=C(NCCCNC(=O)c1cccc(Br)c1)N1CCCC(C)C1. The largest absolute Gasteiger partial charge is 0.356 e. The van der Waals surface area contributed by atoms with Gasteiger partial charge in [0.15, 0.2) is 5.96 Å². The summed E-state index contributed by atoms with van der Waals surface area (Å²) in [4.78, 5) is 18.8. The summed E-state index contributed by atoms with van der Waals surface area (Å²) in [7, 11) is 1.83. The van der Waals surface area contributed by atoms with Crippen LogP contribution in [0, 0.1) is 5.92 Å². The molecule has 1 aliphatic rings. The van der Waals surface area contributed by atoms with Crippen molar-refractivity contribution in [1.82, 2.24) is 15.5 Å². The summed E-state index contributed by atoms with van der Waals surface area (Å²) in [5.41, 5.74) is 0.676. The van der Waals surface area contributed by atoms with Crippen molar-refractivity contribution in [2.45, 2.75) is 26.2 Å². The Morgan fingerprint density at radius 3 is 2.88 bits per heavy atom. The molecule has 5 nitrogen and oxygen atoms in total. The van der Waals surface area contributed by atoms with Crippen LogP contribution in [0.1, 0.15) is 36.5 Å². The minimum Gasteiger partial charge on any atom is -0.356 e. The fourth-order valence-corrected chi connectivity index (χ4v) is 3.34. The van der Waals surface area contributed by atoms with Gasteiger partial charge in [0, 0.05) is 43.3 Å².